The van der Waals surface area contributed by atoms with Crippen LogP contribution in [-0.2, 0) is 10.5 Å². The number of anilines is 1. The Morgan fingerprint density at radius 3 is 2.77 bits per heavy atom. The zero-order valence-corrected chi connectivity index (χ0v) is 14.3. The van der Waals surface area contributed by atoms with Gasteiger partial charge < -0.3 is 5.73 Å². The van der Waals surface area contributed by atoms with Crippen molar-refractivity contribution in [3.05, 3.63) is 35.9 Å². The van der Waals surface area contributed by atoms with Crippen LogP contribution >= 0.6 is 23.1 Å². The molecule has 1 atom stereocenters. The van der Waals surface area contributed by atoms with Crippen molar-refractivity contribution in [3.63, 3.8) is 0 Å². The minimum atomic E-state index is -0.877. The van der Waals surface area contributed by atoms with Crippen LogP contribution in [0, 0.1) is 0 Å². The average molecular weight is 336 g/mol. The number of aromatic nitrogens is 2. The summed E-state index contributed by atoms with van der Waals surface area (Å²) in [6.07, 6.45) is 1.49. The first-order valence-electron chi connectivity index (χ1n) is 7.12. The molecule has 0 fully saturated rings. The second-order valence-electron chi connectivity index (χ2n) is 5.27. The van der Waals surface area contributed by atoms with E-state index in [1.54, 1.807) is 18.7 Å². The fourth-order valence-electron chi connectivity index (χ4n) is 1.91. The zero-order valence-electron chi connectivity index (χ0n) is 12.7. The fourth-order valence-corrected chi connectivity index (χ4v) is 3.61. The summed E-state index contributed by atoms with van der Waals surface area (Å²) in [5.74, 6) is 0.610. The molecule has 0 spiro atoms. The highest BCUT2D eigenvalue weighted by atomic mass is 32.2. The number of amides is 1. The monoisotopic (exact) mass is 336 g/mol. The lowest BCUT2D eigenvalue weighted by atomic mass is 9.97. The summed E-state index contributed by atoms with van der Waals surface area (Å²) in [6, 6.07) is 10.2. The largest absolute Gasteiger partial charge is 0.318 e. The van der Waals surface area contributed by atoms with Crippen molar-refractivity contribution in [3.8, 4) is 0 Å². The van der Waals surface area contributed by atoms with Crippen LogP contribution in [0.25, 0.3) is 0 Å². The third kappa shape index (κ3) is 4.79. The summed E-state index contributed by atoms with van der Waals surface area (Å²) in [6.45, 7) is 3.74. The topological polar surface area (TPSA) is 80.9 Å². The Labute approximate surface area is 138 Å². The number of carbonyl (C=O) groups excluding carboxylic acids is 1. The number of rotatable bonds is 7. The molecule has 7 heteroatoms. The van der Waals surface area contributed by atoms with Gasteiger partial charge in [0, 0.05) is 5.75 Å². The standard InChI is InChI=1S/C15H20N4OS2/c1-3-9-15(2,16)12(20)17-13-18-19-14(22-13)21-10-11-7-5-4-6-8-11/h4-8H,3,9-10,16H2,1-2H3,(H,17,18,20). The number of thioether (sulfide) groups is 1. The Morgan fingerprint density at radius 1 is 1.36 bits per heavy atom. The molecule has 5 nitrogen and oxygen atoms in total. The molecular weight excluding hydrogens is 316 g/mol. The molecule has 2 aromatic rings. The van der Waals surface area contributed by atoms with Crippen LogP contribution in [0.4, 0.5) is 5.13 Å². The molecule has 2 rings (SSSR count). The SMILES string of the molecule is CCCC(C)(N)C(=O)Nc1nnc(SCc2ccccc2)s1. The van der Waals surface area contributed by atoms with Gasteiger partial charge in [-0.15, -0.1) is 10.2 Å². The molecular formula is C15H20N4OS2. The molecule has 0 aliphatic rings. The Balaban J connectivity index is 1.90. The lowest BCUT2D eigenvalue weighted by Crippen LogP contribution is -2.48. The van der Waals surface area contributed by atoms with Crippen LogP contribution in [-0.4, -0.2) is 21.6 Å². The molecule has 1 aromatic heterocycles. The van der Waals surface area contributed by atoms with Crippen LogP contribution in [0.1, 0.15) is 32.3 Å². The maximum atomic E-state index is 12.1. The van der Waals surface area contributed by atoms with Crippen molar-refractivity contribution < 1.29 is 4.79 Å². The summed E-state index contributed by atoms with van der Waals surface area (Å²) < 4.78 is 0.827. The highest BCUT2D eigenvalue weighted by molar-refractivity contribution is 8.00. The van der Waals surface area contributed by atoms with Gasteiger partial charge >= 0.3 is 0 Å². The maximum Gasteiger partial charge on any atom is 0.245 e. The first-order chi connectivity index (χ1) is 10.5. The van der Waals surface area contributed by atoms with E-state index in [-0.39, 0.29) is 5.91 Å². The number of nitrogens with one attached hydrogen (secondary N) is 1. The molecule has 0 aliphatic heterocycles. The molecule has 0 saturated carbocycles. The molecule has 3 N–H and O–H groups in total. The van der Waals surface area contributed by atoms with Crippen molar-refractivity contribution in [1.82, 2.24) is 10.2 Å². The van der Waals surface area contributed by atoms with E-state index in [0.29, 0.717) is 11.6 Å². The van der Waals surface area contributed by atoms with E-state index in [0.717, 1.165) is 16.5 Å². The van der Waals surface area contributed by atoms with E-state index in [1.807, 2.05) is 25.1 Å². The van der Waals surface area contributed by atoms with Crippen molar-refractivity contribution in [2.24, 2.45) is 5.73 Å². The van der Waals surface area contributed by atoms with Gasteiger partial charge in [-0.3, -0.25) is 10.1 Å². The van der Waals surface area contributed by atoms with Crippen LogP contribution in [0.2, 0.25) is 0 Å². The van der Waals surface area contributed by atoms with Gasteiger partial charge in [0.2, 0.25) is 11.0 Å². The number of hydrogen-bond acceptors (Lipinski definition) is 6. The quantitative estimate of drug-likeness (QED) is 0.599. The van der Waals surface area contributed by atoms with Crippen molar-refractivity contribution in [2.75, 3.05) is 5.32 Å². The van der Waals surface area contributed by atoms with Crippen molar-refractivity contribution >= 4 is 34.1 Å². The second-order valence-corrected chi connectivity index (χ2v) is 7.47. The van der Waals surface area contributed by atoms with E-state index in [2.05, 4.69) is 27.6 Å². The summed E-state index contributed by atoms with van der Waals surface area (Å²) >= 11 is 2.97. The Bertz CT molecular complexity index is 613. The molecule has 0 aliphatic carbocycles. The predicted molar refractivity (Wildman–Crippen MR) is 92.0 cm³/mol. The predicted octanol–water partition coefficient (Wildman–Crippen LogP) is 3.29. The smallest absolute Gasteiger partial charge is 0.245 e. The first kappa shape index (κ1) is 16.9. The minimum Gasteiger partial charge on any atom is -0.318 e. The van der Waals surface area contributed by atoms with Gasteiger partial charge in [0.05, 0.1) is 5.54 Å². The van der Waals surface area contributed by atoms with Gasteiger partial charge in [-0.05, 0) is 18.9 Å². The van der Waals surface area contributed by atoms with Crippen LogP contribution in [0.3, 0.4) is 0 Å². The second kappa shape index (κ2) is 7.71. The van der Waals surface area contributed by atoms with Gasteiger partial charge in [0.15, 0.2) is 4.34 Å². The first-order valence-corrected chi connectivity index (χ1v) is 8.92. The highest BCUT2D eigenvalue weighted by Gasteiger charge is 2.28. The maximum absolute atomic E-state index is 12.1. The van der Waals surface area contributed by atoms with Crippen molar-refractivity contribution in [1.29, 1.82) is 0 Å². The van der Waals surface area contributed by atoms with Gasteiger partial charge in [0.25, 0.3) is 0 Å². The molecule has 1 aromatic carbocycles. The number of hydrogen-bond donors (Lipinski definition) is 2. The number of nitrogens with two attached hydrogens (primary N) is 1. The zero-order chi connectivity index (χ0) is 16.0. The van der Waals surface area contributed by atoms with Crippen LogP contribution in [0.15, 0.2) is 34.7 Å². The van der Waals surface area contributed by atoms with Crippen LogP contribution < -0.4 is 11.1 Å². The third-order valence-corrected chi connectivity index (χ3v) is 5.16. The van der Waals surface area contributed by atoms with Crippen molar-refractivity contribution in [2.45, 2.75) is 42.3 Å². The number of nitrogens with zero attached hydrogens (tertiary/aromatic N) is 2. The number of benzene rings is 1. The van der Waals surface area contributed by atoms with Gasteiger partial charge in [-0.25, -0.2) is 0 Å². The fraction of sp³-hybridized carbons (Fsp3) is 0.400. The Hall–Kier alpha value is -1.44. The van der Waals surface area contributed by atoms with Crippen LogP contribution in [0.5, 0.6) is 0 Å². The van der Waals surface area contributed by atoms with E-state index < -0.39 is 5.54 Å². The summed E-state index contributed by atoms with van der Waals surface area (Å²) in [7, 11) is 0. The summed E-state index contributed by atoms with van der Waals surface area (Å²) in [4.78, 5) is 12.1. The van der Waals surface area contributed by atoms with E-state index >= 15 is 0 Å². The highest BCUT2D eigenvalue weighted by Crippen LogP contribution is 2.28. The Kier molecular flexibility index (Phi) is 5.93. The molecule has 1 amide bonds. The number of carbonyl (C=O) groups is 1. The Morgan fingerprint density at radius 2 is 2.09 bits per heavy atom. The summed E-state index contributed by atoms with van der Waals surface area (Å²) in [5, 5.41) is 11.3. The van der Waals surface area contributed by atoms with E-state index in [1.165, 1.54) is 16.9 Å². The molecule has 0 bridgehead atoms. The molecule has 22 heavy (non-hydrogen) atoms. The third-order valence-electron chi connectivity index (χ3n) is 3.12. The lowest BCUT2D eigenvalue weighted by Gasteiger charge is -2.21. The van der Waals surface area contributed by atoms with Gasteiger partial charge in [-0.1, -0.05) is 66.8 Å². The minimum absolute atomic E-state index is 0.217. The van der Waals surface area contributed by atoms with Gasteiger partial charge in [-0.2, -0.15) is 0 Å². The normalized spacial score (nSPS) is 13.6. The molecule has 1 unspecified atom stereocenters. The molecule has 118 valence electrons. The molecule has 0 radical (unpaired) electrons. The van der Waals surface area contributed by atoms with E-state index in [9.17, 15) is 4.79 Å². The van der Waals surface area contributed by atoms with E-state index in [4.69, 9.17) is 5.73 Å². The average Bonchev–Trinajstić information content (AvgIpc) is 2.94. The molecule has 0 saturated heterocycles. The van der Waals surface area contributed by atoms with Gasteiger partial charge in [0.1, 0.15) is 0 Å². The lowest BCUT2D eigenvalue weighted by molar-refractivity contribution is -0.120. The summed E-state index contributed by atoms with van der Waals surface area (Å²) in [5.41, 5.74) is 6.35. The molecule has 1 heterocycles.